The Morgan fingerprint density at radius 1 is 1.11 bits per heavy atom. The fraction of sp³-hybridized carbons (Fsp3) is 0.462. The van der Waals surface area contributed by atoms with E-state index in [1.54, 1.807) is 24.6 Å². The summed E-state index contributed by atoms with van der Waals surface area (Å²) >= 11 is 1.37. The third kappa shape index (κ3) is 7.57. The van der Waals surface area contributed by atoms with Crippen LogP contribution in [0.1, 0.15) is 39.2 Å². The van der Waals surface area contributed by atoms with E-state index in [9.17, 15) is 23.4 Å². The summed E-state index contributed by atoms with van der Waals surface area (Å²) in [5.41, 5.74) is 3.30. The quantitative estimate of drug-likeness (QED) is 0.310. The van der Waals surface area contributed by atoms with Crippen molar-refractivity contribution in [1.82, 2.24) is 14.6 Å². The molecule has 0 bridgehead atoms. The van der Waals surface area contributed by atoms with Gasteiger partial charge in [0.15, 0.2) is 0 Å². The van der Waals surface area contributed by atoms with Crippen molar-refractivity contribution in [3.05, 3.63) is 59.6 Å². The first-order valence-electron chi connectivity index (χ1n) is 12.1. The lowest BCUT2D eigenvalue weighted by atomic mass is 10.0. The molecule has 0 aliphatic rings. The van der Waals surface area contributed by atoms with E-state index in [2.05, 4.69) is 10.3 Å². The van der Waals surface area contributed by atoms with Crippen molar-refractivity contribution in [2.45, 2.75) is 63.2 Å². The Hall–Kier alpha value is -2.37. The number of nitrogens with zero attached hydrogens (tertiary/aromatic N) is 2. The first kappa shape index (κ1) is 28.2. The molecular weight excluding hydrogens is 498 g/mol. The van der Waals surface area contributed by atoms with Gasteiger partial charge in [0.2, 0.25) is 15.9 Å². The first-order valence-corrected chi connectivity index (χ1v) is 14.4. The van der Waals surface area contributed by atoms with Gasteiger partial charge in [-0.3, -0.25) is 4.79 Å². The number of carbonyl (C=O) groups is 1. The molecule has 10 heteroatoms. The maximum absolute atomic E-state index is 13.6. The van der Waals surface area contributed by atoms with Gasteiger partial charge in [0, 0.05) is 13.1 Å². The Morgan fingerprint density at radius 2 is 1.83 bits per heavy atom. The number of amides is 1. The Labute approximate surface area is 217 Å². The van der Waals surface area contributed by atoms with E-state index < -0.39 is 34.2 Å². The molecule has 3 rings (SSSR count). The van der Waals surface area contributed by atoms with Crippen LogP contribution in [0.2, 0.25) is 0 Å². The van der Waals surface area contributed by atoms with Crippen molar-refractivity contribution in [1.29, 1.82) is 0 Å². The minimum atomic E-state index is -3.92. The molecule has 36 heavy (non-hydrogen) atoms. The molecule has 0 aliphatic carbocycles. The van der Waals surface area contributed by atoms with Crippen LogP contribution in [0.3, 0.4) is 0 Å². The molecule has 3 atom stereocenters. The molecule has 3 unspecified atom stereocenters. The highest BCUT2D eigenvalue weighted by Crippen LogP contribution is 2.25. The molecule has 2 aromatic carbocycles. The zero-order chi connectivity index (χ0) is 26.3. The summed E-state index contributed by atoms with van der Waals surface area (Å²) in [7, 11) is -3.92. The normalized spacial score (nSPS) is 14.8. The van der Waals surface area contributed by atoms with Gasteiger partial charge in [-0.05, 0) is 42.5 Å². The van der Waals surface area contributed by atoms with Crippen molar-refractivity contribution in [2.24, 2.45) is 5.92 Å². The van der Waals surface area contributed by atoms with Gasteiger partial charge in [-0.2, -0.15) is 4.31 Å². The SMILES string of the molecule is CCC(O)CC(=O)NC(Cc1ccccc1)C(O)CN(CC(C)C)S(=O)(=O)c1ccc2ncsc2c1. The number of aliphatic hydroxyl groups excluding tert-OH is 2. The Bertz CT molecular complexity index is 1230. The Kier molecular flexibility index (Phi) is 9.98. The highest BCUT2D eigenvalue weighted by atomic mass is 32.2. The zero-order valence-electron chi connectivity index (χ0n) is 20.9. The maximum Gasteiger partial charge on any atom is 0.243 e. The van der Waals surface area contributed by atoms with Crippen LogP contribution in [-0.2, 0) is 21.2 Å². The van der Waals surface area contributed by atoms with Gasteiger partial charge in [-0.1, -0.05) is 51.1 Å². The molecule has 0 fully saturated rings. The number of thiazole rings is 1. The number of benzene rings is 2. The molecule has 1 heterocycles. The summed E-state index contributed by atoms with van der Waals surface area (Å²) in [6, 6.07) is 13.5. The number of nitrogens with one attached hydrogen (secondary N) is 1. The van der Waals surface area contributed by atoms with E-state index >= 15 is 0 Å². The number of hydrogen-bond acceptors (Lipinski definition) is 7. The van der Waals surface area contributed by atoms with Crippen LogP contribution in [0, 0.1) is 5.92 Å². The summed E-state index contributed by atoms with van der Waals surface area (Å²) in [5, 5.41) is 24.0. The molecule has 0 spiro atoms. The maximum atomic E-state index is 13.6. The van der Waals surface area contributed by atoms with Crippen LogP contribution in [-0.4, -0.2) is 65.2 Å². The van der Waals surface area contributed by atoms with Crippen molar-refractivity contribution in [3.63, 3.8) is 0 Å². The number of fused-ring (bicyclic) bond motifs is 1. The fourth-order valence-corrected chi connectivity index (χ4v) is 6.37. The van der Waals surface area contributed by atoms with Crippen LogP contribution in [0.25, 0.3) is 10.2 Å². The number of rotatable bonds is 13. The van der Waals surface area contributed by atoms with Gasteiger partial charge in [-0.15, -0.1) is 11.3 Å². The van der Waals surface area contributed by atoms with Crippen LogP contribution < -0.4 is 5.32 Å². The molecule has 0 aliphatic heterocycles. The third-order valence-electron chi connectivity index (χ3n) is 5.90. The van der Waals surface area contributed by atoms with E-state index in [4.69, 9.17) is 0 Å². The number of carbonyl (C=O) groups excluding carboxylic acids is 1. The smallest absolute Gasteiger partial charge is 0.243 e. The molecule has 1 aromatic heterocycles. The van der Waals surface area contributed by atoms with Crippen molar-refractivity contribution in [2.75, 3.05) is 13.1 Å². The molecule has 196 valence electrons. The monoisotopic (exact) mass is 533 g/mol. The van der Waals surface area contributed by atoms with E-state index in [1.807, 2.05) is 44.2 Å². The van der Waals surface area contributed by atoms with Crippen LogP contribution in [0.4, 0.5) is 0 Å². The van der Waals surface area contributed by atoms with Gasteiger partial charge < -0.3 is 15.5 Å². The molecule has 0 radical (unpaired) electrons. The predicted molar refractivity (Wildman–Crippen MR) is 142 cm³/mol. The molecule has 3 aromatic rings. The zero-order valence-corrected chi connectivity index (χ0v) is 22.5. The van der Waals surface area contributed by atoms with Crippen LogP contribution in [0.15, 0.2) is 58.9 Å². The van der Waals surface area contributed by atoms with Gasteiger partial charge in [0.05, 0.1) is 45.3 Å². The minimum absolute atomic E-state index is 0.0148. The topological polar surface area (TPSA) is 120 Å². The van der Waals surface area contributed by atoms with E-state index in [-0.39, 0.29) is 30.3 Å². The number of hydrogen-bond donors (Lipinski definition) is 3. The largest absolute Gasteiger partial charge is 0.393 e. The summed E-state index contributed by atoms with van der Waals surface area (Å²) < 4.78 is 29.3. The average molecular weight is 534 g/mol. The van der Waals surface area contributed by atoms with E-state index in [0.717, 1.165) is 15.8 Å². The number of aromatic nitrogens is 1. The highest BCUT2D eigenvalue weighted by molar-refractivity contribution is 7.89. The average Bonchev–Trinajstić information content (AvgIpc) is 3.31. The third-order valence-corrected chi connectivity index (χ3v) is 8.52. The van der Waals surface area contributed by atoms with Crippen LogP contribution in [0.5, 0.6) is 0 Å². The minimum Gasteiger partial charge on any atom is -0.393 e. The second kappa shape index (κ2) is 12.7. The second-order valence-electron chi connectivity index (χ2n) is 9.40. The number of sulfonamides is 1. The molecular formula is C26H35N3O5S2. The van der Waals surface area contributed by atoms with Gasteiger partial charge in [-0.25, -0.2) is 13.4 Å². The lowest BCUT2D eigenvalue weighted by molar-refractivity contribution is -0.124. The van der Waals surface area contributed by atoms with Gasteiger partial charge in [0.1, 0.15) is 0 Å². The highest BCUT2D eigenvalue weighted by Gasteiger charge is 2.31. The second-order valence-corrected chi connectivity index (χ2v) is 12.2. The van der Waals surface area contributed by atoms with E-state index in [1.165, 1.54) is 21.7 Å². The molecule has 1 amide bonds. The van der Waals surface area contributed by atoms with E-state index in [0.29, 0.717) is 12.8 Å². The van der Waals surface area contributed by atoms with Crippen molar-refractivity contribution < 1.29 is 23.4 Å². The fourth-order valence-electron chi connectivity index (χ4n) is 3.93. The van der Waals surface area contributed by atoms with Gasteiger partial charge in [0.25, 0.3) is 0 Å². The van der Waals surface area contributed by atoms with Crippen LogP contribution >= 0.6 is 11.3 Å². The standard InChI is InChI=1S/C26H35N3O5S2/c1-4-20(30)13-26(32)28-23(12-19-8-6-5-7-9-19)24(31)16-29(15-18(2)3)36(33,34)21-10-11-22-25(14-21)35-17-27-22/h5-11,14,17-18,20,23-24,30-31H,4,12-13,15-16H2,1-3H3,(H,28,32). The molecule has 0 saturated heterocycles. The lowest BCUT2D eigenvalue weighted by Gasteiger charge is -2.31. The molecule has 0 saturated carbocycles. The van der Waals surface area contributed by atoms with Gasteiger partial charge >= 0.3 is 0 Å². The van der Waals surface area contributed by atoms with Crippen molar-refractivity contribution >= 4 is 37.5 Å². The first-order chi connectivity index (χ1) is 17.1. The molecule has 8 nitrogen and oxygen atoms in total. The summed E-state index contributed by atoms with van der Waals surface area (Å²) in [6.45, 7) is 5.63. The Morgan fingerprint density at radius 3 is 2.50 bits per heavy atom. The summed E-state index contributed by atoms with van der Waals surface area (Å²) in [5.74, 6) is -0.376. The molecule has 3 N–H and O–H groups in total. The van der Waals surface area contributed by atoms with Crippen molar-refractivity contribution in [3.8, 4) is 0 Å². The summed E-state index contributed by atoms with van der Waals surface area (Å²) in [6.07, 6.45) is -1.29. The Balaban J connectivity index is 1.86. The summed E-state index contributed by atoms with van der Waals surface area (Å²) in [4.78, 5) is 16.9. The number of aliphatic hydroxyl groups is 2. The lowest BCUT2D eigenvalue weighted by Crippen LogP contribution is -2.51. The predicted octanol–water partition coefficient (Wildman–Crippen LogP) is 3.19.